The number of aliphatic hydroxyl groups excluding tert-OH is 1. The molecule has 0 aliphatic heterocycles. The Kier molecular flexibility index (Phi) is 5.46. The molecule has 11 heteroatoms. The van der Waals surface area contributed by atoms with Crippen LogP contribution in [0.25, 0.3) is 16.9 Å². The summed E-state index contributed by atoms with van der Waals surface area (Å²) in [5.41, 5.74) is 6.52. The first kappa shape index (κ1) is 21.3. The summed E-state index contributed by atoms with van der Waals surface area (Å²) in [5.74, 6) is -0.996. The largest absolute Gasteiger partial charge is 0.395 e. The molecular weight excluding hydrogens is 421 g/mol. The predicted molar refractivity (Wildman–Crippen MR) is 110 cm³/mol. The number of pyridine rings is 2. The summed E-state index contributed by atoms with van der Waals surface area (Å²) in [4.78, 5) is 7.82. The van der Waals surface area contributed by atoms with Gasteiger partial charge in [-0.1, -0.05) is 11.6 Å². The van der Waals surface area contributed by atoms with Crippen LogP contribution in [0, 0.1) is 5.95 Å². The van der Waals surface area contributed by atoms with Crippen molar-refractivity contribution >= 4 is 38.6 Å². The standard InChI is InChI=1S/C18H21ClFN5O3S/c1-18(2,3)29(27,28)14-9-25-13(10-6-11(19)17(21)24-16(10)20)8-23-15(25)7-12(14)22-4-5-26/h6-9,22,26H,4-5H2,1-3H3,(H2,21,24). The van der Waals surface area contributed by atoms with Crippen LogP contribution in [0.15, 0.2) is 29.4 Å². The number of nitrogens with one attached hydrogen (secondary N) is 1. The molecule has 0 atom stereocenters. The lowest BCUT2D eigenvalue weighted by atomic mass is 10.2. The molecule has 3 aromatic heterocycles. The minimum absolute atomic E-state index is 0.000101. The van der Waals surface area contributed by atoms with Gasteiger partial charge in [0, 0.05) is 18.8 Å². The zero-order chi connectivity index (χ0) is 21.6. The molecule has 0 unspecified atom stereocenters. The molecule has 0 fully saturated rings. The summed E-state index contributed by atoms with van der Waals surface area (Å²) in [6.45, 7) is 4.73. The lowest BCUT2D eigenvalue weighted by molar-refractivity contribution is 0.311. The van der Waals surface area contributed by atoms with Crippen LogP contribution in [0.5, 0.6) is 0 Å². The zero-order valence-electron chi connectivity index (χ0n) is 16.1. The molecule has 29 heavy (non-hydrogen) atoms. The van der Waals surface area contributed by atoms with Crippen molar-refractivity contribution in [2.75, 3.05) is 24.2 Å². The van der Waals surface area contributed by atoms with Crippen molar-refractivity contribution in [1.82, 2.24) is 14.4 Å². The average molecular weight is 442 g/mol. The first-order valence-corrected chi connectivity index (χ1v) is 10.6. The molecule has 3 rings (SSSR count). The Morgan fingerprint density at radius 3 is 2.66 bits per heavy atom. The molecule has 0 bridgehead atoms. The molecule has 0 spiro atoms. The van der Waals surface area contributed by atoms with Crippen LogP contribution in [0.1, 0.15) is 20.8 Å². The maximum atomic E-state index is 14.4. The van der Waals surface area contributed by atoms with E-state index in [1.54, 1.807) is 20.8 Å². The number of hydrogen-bond acceptors (Lipinski definition) is 7. The van der Waals surface area contributed by atoms with Crippen LogP contribution in [0.2, 0.25) is 5.02 Å². The Morgan fingerprint density at radius 1 is 1.34 bits per heavy atom. The van der Waals surface area contributed by atoms with Crippen molar-refractivity contribution in [2.24, 2.45) is 0 Å². The fraction of sp³-hybridized carbons (Fsp3) is 0.333. The number of halogens is 2. The van der Waals surface area contributed by atoms with E-state index in [9.17, 15) is 12.8 Å². The number of nitrogens with zero attached hydrogens (tertiary/aromatic N) is 3. The Bertz CT molecular complexity index is 1190. The highest BCUT2D eigenvalue weighted by Gasteiger charge is 2.34. The van der Waals surface area contributed by atoms with Crippen molar-refractivity contribution < 1.29 is 17.9 Å². The number of aliphatic hydroxyl groups is 1. The van der Waals surface area contributed by atoms with Gasteiger partial charge < -0.3 is 16.2 Å². The second-order valence-electron chi connectivity index (χ2n) is 7.38. The zero-order valence-corrected chi connectivity index (χ0v) is 17.6. The molecule has 8 nitrogen and oxygen atoms in total. The van der Waals surface area contributed by atoms with Gasteiger partial charge in [0.15, 0.2) is 9.84 Å². The third-order valence-corrected chi connectivity index (χ3v) is 7.19. The highest BCUT2D eigenvalue weighted by Crippen LogP contribution is 2.34. The molecule has 0 amide bonds. The third kappa shape index (κ3) is 3.75. The van der Waals surface area contributed by atoms with Crippen molar-refractivity contribution in [3.05, 3.63) is 35.5 Å². The van der Waals surface area contributed by atoms with E-state index in [0.717, 1.165) is 0 Å². The number of fused-ring (bicyclic) bond motifs is 1. The van der Waals surface area contributed by atoms with Crippen LogP contribution in [0.3, 0.4) is 0 Å². The number of imidazole rings is 1. The van der Waals surface area contributed by atoms with E-state index in [2.05, 4.69) is 15.3 Å². The van der Waals surface area contributed by atoms with Crippen LogP contribution >= 0.6 is 11.6 Å². The first-order chi connectivity index (χ1) is 13.5. The highest BCUT2D eigenvalue weighted by molar-refractivity contribution is 7.93. The van der Waals surface area contributed by atoms with E-state index >= 15 is 0 Å². The number of nitrogens with two attached hydrogens (primary N) is 1. The van der Waals surface area contributed by atoms with Gasteiger partial charge in [-0.2, -0.15) is 4.39 Å². The van der Waals surface area contributed by atoms with E-state index in [-0.39, 0.29) is 40.1 Å². The van der Waals surface area contributed by atoms with Gasteiger partial charge in [-0.15, -0.1) is 0 Å². The molecule has 3 aromatic rings. The van der Waals surface area contributed by atoms with Gasteiger partial charge in [-0.05, 0) is 26.8 Å². The number of rotatable bonds is 5. The Morgan fingerprint density at radius 2 is 2.03 bits per heavy atom. The minimum Gasteiger partial charge on any atom is -0.395 e. The fourth-order valence-electron chi connectivity index (χ4n) is 2.74. The van der Waals surface area contributed by atoms with Gasteiger partial charge >= 0.3 is 0 Å². The summed E-state index contributed by atoms with van der Waals surface area (Å²) in [5, 5.41) is 12.1. The molecular formula is C18H21ClFN5O3S. The number of anilines is 2. The van der Waals surface area contributed by atoms with Crippen molar-refractivity contribution in [1.29, 1.82) is 0 Å². The molecule has 0 aliphatic rings. The molecule has 156 valence electrons. The van der Waals surface area contributed by atoms with Crippen LogP contribution < -0.4 is 11.1 Å². The number of hydrogen-bond donors (Lipinski definition) is 3. The van der Waals surface area contributed by atoms with Gasteiger partial charge in [0.25, 0.3) is 0 Å². The molecule has 0 saturated heterocycles. The minimum atomic E-state index is -3.78. The number of sulfone groups is 1. The van der Waals surface area contributed by atoms with E-state index in [4.69, 9.17) is 22.4 Å². The molecule has 3 heterocycles. The topological polar surface area (TPSA) is 123 Å². The maximum absolute atomic E-state index is 14.4. The fourth-order valence-corrected chi connectivity index (χ4v) is 4.21. The van der Waals surface area contributed by atoms with E-state index in [0.29, 0.717) is 11.3 Å². The number of nitrogen functional groups attached to an aromatic ring is 1. The lowest BCUT2D eigenvalue weighted by Crippen LogP contribution is -2.29. The predicted octanol–water partition coefficient (Wildman–Crippen LogP) is 2.75. The summed E-state index contributed by atoms with van der Waals surface area (Å²) >= 11 is 5.99. The smallest absolute Gasteiger partial charge is 0.224 e. The summed E-state index contributed by atoms with van der Waals surface area (Å²) in [6.07, 6.45) is 2.77. The summed E-state index contributed by atoms with van der Waals surface area (Å²) in [6, 6.07) is 2.85. The van der Waals surface area contributed by atoms with Crippen LogP contribution in [0.4, 0.5) is 15.9 Å². The molecule has 4 N–H and O–H groups in total. The molecule has 0 aromatic carbocycles. The second-order valence-corrected chi connectivity index (χ2v) is 10.5. The Balaban J connectivity index is 2.31. The first-order valence-electron chi connectivity index (χ1n) is 8.69. The Labute approximate surface area is 172 Å². The van der Waals surface area contributed by atoms with Gasteiger partial charge in [0.1, 0.15) is 16.4 Å². The second kappa shape index (κ2) is 7.43. The van der Waals surface area contributed by atoms with Crippen LogP contribution in [-0.4, -0.2) is 45.8 Å². The maximum Gasteiger partial charge on any atom is 0.224 e. The van der Waals surface area contributed by atoms with Gasteiger partial charge in [0.05, 0.1) is 39.5 Å². The van der Waals surface area contributed by atoms with Crippen LogP contribution in [-0.2, 0) is 9.84 Å². The third-order valence-electron chi connectivity index (χ3n) is 4.37. The monoisotopic (exact) mass is 441 g/mol. The average Bonchev–Trinajstić information content (AvgIpc) is 3.03. The molecule has 0 saturated carbocycles. The number of aromatic nitrogens is 3. The van der Waals surface area contributed by atoms with Gasteiger partial charge in [-0.25, -0.2) is 18.4 Å². The highest BCUT2D eigenvalue weighted by atomic mass is 35.5. The summed E-state index contributed by atoms with van der Waals surface area (Å²) in [7, 11) is -3.78. The van der Waals surface area contributed by atoms with E-state index in [1.165, 1.54) is 28.9 Å². The van der Waals surface area contributed by atoms with E-state index < -0.39 is 20.5 Å². The SMILES string of the molecule is CC(C)(C)S(=O)(=O)c1cn2c(-c3cc(Cl)c(N)nc3F)cnc2cc1NCCO. The van der Waals surface area contributed by atoms with Crippen molar-refractivity contribution in [3.63, 3.8) is 0 Å². The van der Waals surface area contributed by atoms with Gasteiger partial charge in [-0.3, -0.25) is 4.40 Å². The summed E-state index contributed by atoms with van der Waals surface area (Å²) < 4.78 is 41.1. The normalized spacial score (nSPS) is 12.5. The van der Waals surface area contributed by atoms with Crippen molar-refractivity contribution in [2.45, 2.75) is 30.4 Å². The lowest BCUT2D eigenvalue weighted by Gasteiger charge is -2.22. The Hall–Kier alpha value is -2.43. The molecule has 0 radical (unpaired) electrons. The van der Waals surface area contributed by atoms with Gasteiger partial charge in [0.2, 0.25) is 5.95 Å². The quantitative estimate of drug-likeness (QED) is 0.520. The van der Waals surface area contributed by atoms with Crippen molar-refractivity contribution in [3.8, 4) is 11.3 Å². The van der Waals surface area contributed by atoms with E-state index in [1.807, 2.05) is 0 Å². The molecule has 0 aliphatic carbocycles.